The van der Waals surface area contributed by atoms with E-state index in [0.29, 0.717) is 25.3 Å². The van der Waals surface area contributed by atoms with Crippen LogP contribution in [0, 0.1) is 0 Å². The molecule has 2 heterocycles. The molecule has 0 aliphatic carbocycles. The van der Waals surface area contributed by atoms with Crippen LogP contribution in [0.2, 0.25) is 0 Å². The molecule has 0 saturated carbocycles. The zero-order chi connectivity index (χ0) is 19.5. The predicted molar refractivity (Wildman–Crippen MR) is 112 cm³/mol. The summed E-state index contributed by atoms with van der Waals surface area (Å²) in [5.41, 5.74) is 1.60. The molecule has 3 aromatic rings. The van der Waals surface area contributed by atoms with Crippen molar-refractivity contribution in [1.29, 1.82) is 0 Å². The lowest BCUT2D eigenvalue weighted by molar-refractivity contribution is 0.0746. The number of hydrogen-bond acceptors (Lipinski definition) is 6. The number of benzene rings is 2. The Morgan fingerprint density at radius 2 is 1.86 bits per heavy atom. The summed E-state index contributed by atoms with van der Waals surface area (Å²) >= 11 is 1.66. The van der Waals surface area contributed by atoms with Crippen molar-refractivity contribution in [3.63, 3.8) is 0 Å². The van der Waals surface area contributed by atoms with Gasteiger partial charge in [0.25, 0.3) is 5.91 Å². The Bertz CT molecular complexity index is 963. The highest BCUT2D eigenvalue weighted by atomic mass is 32.1. The van der Waals surface area contributed by atoms with Crippen LogP contribution < -0.4 is 14.4 Å². The Morgan fingerprint density at radius 3 is 2.54 bits per heavy atom. The number of anilines is 1. The molecule has 2 aromatic carbocycles. The number of fused-ring (bicyclic) bond motifs is 1. The molecule has 7 heteroatoms. The molecule has 6 nitrogen and oxygen atoms in total. The van der Waals surface area contributed by atoms with Gasteiger partial charge in [-0.15, -0.1) is 0 Å². The molecule has 1 saturated heterocycles. The second-order valence-corrected chi connectivity index (χ2v) is 7.55. The van der Waals surface area contributed by atoms with Gasteiger partial charge in [0.1, 0.15) is 17.0 Å². The lowest BCUT2D eigenvalue weighted by atomic mass is 10.1. The number of para-hydroxylation sites is 1. The van der Waals surface area contributed by atoms with E-state index in [2.05, 4.69) is 11.0 Å². The molecule has 1 fully saturated rings. The number of amides is 1. The number of piperazine rings is 1. The molecule has 1 amide bonds. The summed E-state index contributed by atoms with van der Waals surface area (Å²) in [7, 11) is 1.67. The predicted octanol–water partition coefficient (Wildman–Crippen LogP) is 3.67. The van der Waals surface area contributed by atoms with E-state index < -0.39 is 0 Å². The molecule has 1 aromatic heterocycles. The summed E-state index contributed by atoms with van der Waals surface area (Å²) in [5, 5.41) is 0.979. The highest BCUT2D eigenvalue weighted by Gasteiger charge is 2.24. The van der Waals surface area contributed by atoms with Crippen molar-refractivity contribution in [2.75, 3.05) is 44.8 Å². The quantitative estimate of drug-likeness (QED) is 0.658. The average Bonchev–Trinajstić information content (AvgIpc) is 3.18. The largest absolute Gasteiger partial charge is 0.494 e. The molecule has 0 atom stereocenters. The summed E-state index contributed by atoms with van der Waals surface area (Å²) in [6.45, 7) is 5.46. The van der Waals surface area contributed by atoms with Crippen molar-refractivity contribution in [1.82, 2.24) is 9.88 Å². The second kappa shape index (κ2) is 8.06. The number of carbonyl (C=O) groups is 1. The maximum Gasteiger partial charge on any atom is 0.253 e. The van der Waals surface area contributed by atoms with Gasteiger partial charge in [0.05, 0.1) is 18.4 Å². The minimum absolute atomic E-state index is 0.0636. The standard InChI is InChI=1S/C21H23N3O3S/c1-3-27-16-9-7-15(8-10-16)20(25)23-11-13-24(14-12-23)21-22-19-17(26-2)5-4-6-18(19)28-21/h4-10H,3,11-14H2,1-2H3. The Kier molecular flexibility index (Phi) is 5.34. The van der Waals surface area contributed by atoms with Gasteiger partial charge in [0.2, 0.25) is 0 Å². The molecule has 0 bridgehead atoms. The Morgan fingerprint density at radius 1 is 1.11 bits per heavy atom. The van der Waals surface area contributed by atoms with Crippen molar-refractivity contribution in [3.05, 3.63) is 48.0 Å². The van der Waals surface area contributed by atoms with E-state index in [4.69, 9.17) is 14.5 Å². The molecular weight excluding hydrogens is 374 g/mol. The topological polar surface area (TPSA) is 54.9 Å². The average molecular weight is 398 g/mol. The van der Waals surface area contributed by atoms with E-state index in [-0.39, 0.29) is 5.91 Å². The van der Waals surface area contributed by atoms with Crippen molar-refractivity contribution < 1.29 is 14.3 Å². The van der Waals surface area contributed by atoms with E-state index in [1.807, 2.05) is 48.2 Å². The number of methoxy groups -OCH3 is 1. The van der Waals surface area contributed by atoms with Crippen LogP contribution in [-0.2, 0) is 0 Å². The Balaban J connectivity index is 1.42. The summed E-state index contributed by atoms with van der Waals surface area (Å²) < 4.78 is 12.0. The van der Waals surface area contributed by atoms with Gasteiger partial charge in [-0.1, -0.05) is 17.4 Å². The van der Waals surface area contributed by atoms with E-state index >= 15 is 0 Å². The molecule has 4 rings (SSSR count). The molecule has 0 unspecified atom stereocenters. The number of rotatable bonds is 5. The van der Waals surface area contributed by atoms with Crippen LogP contribution in [0.5, 0.6) is 11.5 Å². The van der Waals surface area contributed by atoms with Crippen molar-refractivity contribution in [3.8, 4) is 11.5 Å². The van der Waals surface area contributed by atoms with E-state index in [1.54, 1.807) is 18.4 Å². The van der Waals surface area contributed by atoms with Gasteiger partial charge >= 0.3 is 0 Å². The highest BCUT2D eigenvalue weighted by molar-refractivity contribution is 7.22. The Hall–Kier alpha value is -2.80. The van der Waals surface area contributed by atoms with Crippen LogP contribution in [0.1, 0.15) is 17.3 Å². The van der Waals surface area contributed by atoms with Crippen LogP contribution in [0.25, 0.3) is 10.2 Å². The fourth-order valence-electron chi connectivity index (χ4n) is 3.36. The number of thiazole rings is 1. The van der Waals surface area contributed by atoms with E-state index in [0.717, 1.165) is 39.9 Å². The van der Waals surface area contributed by atoms with E-state index in [1.165, 1.54) is 0 Å². The zero-order valence-corrected chi connectivity index (χ0v) is 16.9. The van der Waals surface area contributed by atoms with Gasteiger partial charge in [0, 0.05) is 31.7 Å². The third-order valence-corrected chi connectivity index (χ3v) is 5.92. The summed E-state index contributed by atoms with van der Waals surface area (Å²) in [4.78, 5) is 21.7. The minimum atomic E-state index is 0.0636. The SMILES string of the molecule is CCOc1ccc(C(=O)N2CCN(c3nc4c(OC)cccc4s3)CC2)cc1. The van der Waals surface area contributed by atoms with Crippen LogP contribution in [-0.4, -0.2) is 55.7 Å². The first-order valence-electron chi connectivity index (χ1n) is 9.40. The number of nitrogens with zero attached hydrogens (tertiary/aromatic N) is 3. The number of ether oxygens (including phenoxy) is 2. The third-order valence-electron chi connectivity index (χ3n) is 4.84. The molecule has 1 aliphatic rings. The number of hydrogen-bond donors (Lipinski definition) is 0. The first-order valence-corrected chi connectivity index (χ1v) is 10.2. The maximum atomic E-state index is 12.8. The fraction of sp³-hybridized carbons (Fsp3) is 0.333. The molecule has 0 spiro atoms. The number of carbonyl (C=O) groups excluding carboxylic acids is 1. The molecule has 0 N–H and O–H groups in total. The monoisotopic (exact) mass is 397 g/mol. The third kappa shape index (κ3) is 3.62. The number of aromatic nitrogens is 1. The molecule has 0 radical (unpaired) electrons. The molecule has 1 aliphatic heterocycles. The lowest BCUT2D eigenvalue weighted by Crippen LogP contribution is -2.48. The van der Waals surface area contributed by atoms with E-state index in [9.17, 15) is 4.79 Å². The van der Waals surface area contributed by atoms with Crippen molar-refractivity contribution >= 4 is 32.6 Å². The van der Waals surface area contributed by atoms with Crippen molar-refractivity contribution in [2.24, 2.45) is 0 Å². The van der Waals surface area contributed by atoms with Gasteiger partial charge < -0.3 is 19.3 Å². The van der Waals surface area contributed by atoms with Gasteiger partial charge in [-0.2, -0.15) is 0 Å². The second-order valence-electron chi connectivity index (χ2n) is 6.54. The summed E-state index contributed by atoms with van der Waals surface area (Å²) in [6.07, 6.45) is 0. The molecular formula is C21H23N3O3S. The maximum absolute atomic E-state index is 12.8. The van der Waals surface area contributed by atoms with Gasteiger partial charge in [-0.3, -0.25) is 4.79 Å². The van der Waals surface area contributed by atoms with Gasteiger partial charge in [-0.05, 0) is 43.3 Å². The Labute approximate surface area is 168 Å². The van der Waals surface area contributed by atoms with Crippen LogP contribution in [0.4, 0.5) is 5.13 Å². The fourth-order valence-corrected chi connectivity index (χ4v) is 4.39. The normalized spacial score (nSPS) is 14.4. The van der Waals surface area contributed by atoms with Crippen molar-refractivity contribution in [2.45, 2.75) is 6.92 Å². The first kappa shape index (κ1) is 18.6. The summed E-state index contributed by atoms with van der Waals surface area (Å²) in [5.74, 6) is 1.65. The zero-order valence-electron chi connectivity index (χ0n) is 16.1. The van der Waals surface area contributed by atoms with Gasteiger partial charge in [-0.25, -0.2) is 4.98 Å². The smallest absolute Gasteiger partial charge is 0.253 e. The minimum Gasteiger partial charge on any atom is -0.494 e. The molecule has 146 valence electrons. The highest BCUT2D eigenvalue weighted by Crippen LogP contribution is 2.34. The lowest BCUT2D eigenvalue weighted by Gasteiger charge is -2.34. The van der Waals surface area contributed by atoms with Crippen LogP contribution in [0.3, 0.4) is 0 Å². The van der Waals surface area contributed by atoms with Gasteiger partial charge in [0.15, 0.2) is 5.13 Å². The first-order chi connectivity index (χ1) is 13.7. The molecule has 28 heavy (non-hydrogen) atoms. The summed E-state index contributed by atoms with van der Waals surface area (Å²) in [6, 6.07) is 13.3. The van der Waals surface area contributed by atoms with Crippen LogP contribution in [0.15, 0.2) is 42.5 Å². The van der Waals surface area contributed by atoms with Crippen LogP contribution >= 0.6 is 11.3 Å².